The molecular weight excluding hydrogens is 294 g/mol. The number of H-pyrrole nitrogens is 1. The van der Waals surface area contributed by atoms with Crippen molar-refractivity contribution in [2.75, 3.05) is 13.2 Å². The fourth-order valence-corrected chi connectivity index (χ4v) is 2.31. The minimum Gasteiger partial charge on any atom is -0.466 e. The van der Waals surface area contributed by atoms with Crippen LogP contribution in [-0.4, -0.2) is 30.1 Å². The third kappa shape index (κ3) is 3.36. The topological polar surface area (TPSA) is 68.4 Å². The average Bonchev–Trinajstić information content (AvgIpc) is 2.78. The molecule has 0 aliphatic rings. The quantitative estimate of drug-likeness (QED) is 0.862. The molecule has 0 aliphatic carbocycles. The highest BCUT2D eigenvalue weighted by molar-refractivity contribution is 6.31. The lowest BCUT2D eigenvalue weighted by atomic mass is 10.1. The van der Waals surface area contributed by atoms with E-state index in [1.165, 1.54) is 0 Å². The zero-order chi connectivity index (χ0) is 15.4. The number of ether oxygens (including phenoxy) is 2. The molecule has 0 saturated carbocycles. The second-order valence-corrected chi connectivity index (χ2v) is 4.81. The van der Waals surface area contributed by atoms with Gasteiger partial charge in [0.15, 0.2) is 0 Å². The summed E-state index contributed by atoms with van der Waals surface area (Å²) in [5, 5.41) is 1.25. The van der Waals surface area contributed by atoms with Crippen LogP contribution in [0.25, 0.3) is 10.9 Å². The van der Waals surface area contributed by atoms with Crippen LogP contribution in [0.1, 0.15) is 29.9 Å². The van der Waals surface area contributed by atoms with Gasteiger partial charge in [0.2, 0.25) is 0 Å². The lowest BCUT2D eigenvalue weighted by Gasteiger charge is -2.05. The van der Waals surface area contributed by atoms with Crippen molar-refractivity contribution >= 4 is 34.4 Å². The Labute approximate surface area is 127 Å². The highest BCUT2D eigenvalue weighted by Crippen LogP contribution is 2.27. The number of aromatic amines is 1. The Morgan fingerprint density at radius 2 is 1.90 bits per heavy atom. The van der Waals surface area contributed by atoms with E-state index < -0.39 is 11.9 Å². The van der Waals surface area contributed by atoms with Crippen molar-refractivity contribution in [2.45, 2.75) is 20.3 Å². The van der Waals surface area contributed by atoms with Gasteiger partial charge in [-0.25, -0.2) is 4.79 Å². The third-order valence-corrected chi connectivity index (χ3v) is 3.21. The average molecular weight is 310 g/mol. The van der Waals surface area contributed by atoms with E-state index in [2.05, 4.69) is 4.98 Å². The van der Waals surface area contributed by atoms with Gasteiger partial charge in [0.05, 0.1) is 19.6 Å². The van der Waals surface area contributed by atoms with Crippen LogP contribution in [-0.2, 0) is 20.7 Å². The van der Waals surface area contributed by atoms with E-state index in [9.17, 15) is 9.59 Å². The molecule has 2 aromatic rings. The Morgan fingerprint density at radius 1 is 1.19 bits per heavy atom. The molecule has 1 heterocycles. The van der Waals surface area contributed by atoms with Crippen LogP contribution in [0.2, 0.25) is 5.02 Å². The molecule has 6 heteroatoms. The first kappa shape index (κ1) is 15.4. The Morgan fingerprint density at radius 3 is 2.57 bits per heavy atom. The second kappa shape index (κ2) is 6.63. The molecule has 112 valence electrons. The fourth-order valence-electron chi connectivity index (χ4n) is 2.14. The number of hydrogen-bond donors (Lipinski definition) is 1. The summed E-state index contributed by atoms with van der Waals surface area (Å²) in [7, 11) is 0. The molecular formula is C15H16ClNO4. The molecule has 0 bridgehead atoms. The molecule has 0 fully saturated rings. The number of rotatable bonds is 5. The highest BCUT2D eigenvalue weighted by atomic mass is 35.5. The summed E-state index contributed by atoms with van der Waals surface area (Å²) < 4.78 is 9.97. The van der Waals surface area contributed by atoms with Gasteiger partial charge in [-0.15, -0.1) is 0 Å². The van der Waals surface area contributed by atoms with Gasteiger partial charge in [-0.2, -0.15) is 0 Å². The number of carbonyl (C=O) groups is 2. The standard InChI is InChI=1S/C15H16ClNO4/c1-3-20-13(18)8-11-10-7-9(16)5-6-12(10)17-14(11)15(19)21-4-2/h5-7,17H,3-4,8H2,1-2H3. The van der Waals surface area contributed by atoms with Crippen LogP contribution >= 0.6 is 11.6 Å². The molecule has 5 nitrogen and oxygen atoms in total. The summed E-state index contributed by atoms with van der Waals surface area (Å²) in [5.41, 5.74) is 1.54. The minimum absolute atomic E-state index is 0.0116. The molecule has 0 atom stereocenters. The number of hydrogen-bond acceptors (Lipinski definition) is 4. The number of nitrogens with one attached hydrogen (secondary N) is 1. The molecule has 0 amide bonds. The zero-order valence-corrected chi connectivity index (χ0v) is 12.6. The summed E-state index contributed by atoms with van der Waals surface area (Å²) in [6.45, 7) is 4.00. The van der Waals surface area contributed by atoms with Gasteiger partial charge in [0.1, 0.15) is 5.69 Å². The molecule has 0 aliphatic heterocycles. The molecule has 1 aromatic carbocycles. The van der Waals surface area contributed by atoms with E-state index in [0.717, 1.165) is 10.9 Å². The van der Waals surface area contributed by atoms with Crippen molar-refractivity contribution in [1.29, 1.82) is 0 Å². The lowest BCUT2D eigenvalue weighted by Crippen LogP contribution is -2.12. The van der Waals surface area contributed by atoms with Gasteiger partial charge >= 0.3 is 11.9 Å². The molecule has 2 rings (SSSR count). The largest absolute Gasteiger partial charge is 0.466 e. The van der Waals surface area contributed by atoms with E-state index in [-0.39, 0.29) is 25.3 Å². The van der Waals surface area contributed by atoms with Crippen LogP contribution in [0.15, 0.2) is 18.2 Å². The lowest BCUT2D eigenvalue weighted by molar-refractivity contribution is -0.142. The maximum absolute atomic E-state index is 12.0. The van der Waals surface area contributed by atoms with Crippen molar-refractivity contribution < 1.29 is 19.1 Å². The summed E-state index contributed by atoms with van der Waals surface area (Å²) in [5.74, 6) is -0.895. The van der Waals surface area contributed by atoms with Crippen molar-refractivity contribution in [2.24, 2.45) is 0 Å². The Kier molecular flexibility index (Phi) is 4.85. The van der Waals surface area contributed by atoms with Crippen LogP contribution in [0.4, 0.5) is 0 Å². The first-order valence-electron chi connectivity index (χ1n) is 6.69. The van der Waals surface area contributed by atoms with E-state index in [4.69, 9.17) is 21.1 Å². The smallest absolute Gasteiger partial charge is 0.355 e. The van der Waals surface area contributed by atoms with Crippen LogP contribution in [0, 0.1) is 0 Å². The first-order valence-corrected chi connectivity index (χ1v) is 7.07. The maximum Gasteiger partial charge on any atom is 0.355 e. The van der Waals surface area contributed by atoms with E-state index in [1.54, 1.807) is 32.0 Å². The minimum atomic E-state index is -0.496. The van der Waals surface area contributed by atoms with Crippen molar-refractivity contribution in [1.82, 2.24) is 4.98 Å². The SMILES string of the molecule is CCOC(=O)Cc1c(C(=O)OCC)[nH]c2ccc(Cl)cc12. The second-order valence-electron chi connectivity index (χ2n) is 4.37. The van der Waals surface area contributed by atoms with Crippen LogP contribution in [0.3, 0.4) is 0 Å². The van der Waals surface area contributed by atoms with E-state index >= 15 is 0 Å². The fraction of sp³-hybridized carbons (Fsp3) is 0.333. The van der Waals surface area contributed by atoms with Gasteiger partial charge < -0.3 is 14.5 Å². The van der Waals surface area contributed by atoms with Gasteiger partial charge in [-0.05, 0) is 32.0 Å². The third-order valence-electron chi connectivity index (χ3n) is 2.97. The van der Waals surface area contributed by atoms with Gasteiger partial charge in [-0.1, -0.05) is 11.6 Å². The summed E-state index contributed by atoms with van der Waals surface area (Å²) in [4.78, 5) is 26.8. The van der Waals surface area contributed by atoms with Gasteiger partial charge in [0, 0.05) is 21.5 Å². The molecule has 0 radical (unpaired) electrons. The summed E-state index contributed by atoms with van der Waals surface area (Å²) >= 11 is 5.99. The molecule has 1 N–H and O–H groups in total. The highest BCUT2D eigenvalue weighted by Gasteiger charge is 2.21. The number of halogens is 1. The Hall–Kier alpha value is -2.01. The van der Waals surface area contributed by atoms with Crippen molar-refractivity contribution in [3.63, 3.8) is 0 Å². The first-order chi connectivity index (χ1) is 10.1. The normalized spacial score (nSPS) is 10.6. The molecule has 21 heavy (non-hydrogen) atoms. The van der Waals surface area contributed by atoms with Gasteiger partial charge in [0.25, 0.3) is 0 Å². The number of fused-ring (bicyclic) bond motifs is 1. The van der Waals surface area contributed by atoms with Crippen molar-refractivity contribution in [3.05, 3.63) is 34.5 Å². The van der Waals surface area contributed by atoms with E-state index in [0.29, 0.717) is 10.6 Å². The summed E-state index contributed by atoms with van der Waals surface area (Å²) in [6, 6.07) is 5.18. The predicted molar refractivity (Wildman–Crippen MR) is 79.6 cm³/mol. The Balaban J connectivity index is 2.50. The Bertz CT molecular complexity index is 678. The molecule has 0 spiro atoms. The molecule has 0 unspecified atom stereocenters. The predicted octanol–water partition coefficient (Wildman–Crippen LogP) is 3.10. The van der Waals surface area contributed by atoms with Gasteiger partial charge in [-0.3, -0.25) is 4.79 Å². The number of esters is 2. The number of aromatic nitrogens is 1. The van der Waals surface area contributed by atoms with E-state index in [1.807, 2.05) is 0 Å². The zero-order valence-electron chi connectivity index (χ0n) is 11.9. The van der Waals surface area contributed by atoms with Crippen LogP contribution < -0.4 is 0 Å². The number of benzene rings is 1. The number of carbonyl (C=O) groups excluding carboxylic acids is 2. The maximum atomic E-state index is 12.0. The molecule has 1 aromatic heterocycles. The van der Waals surface area contributed by atoms with Crippen molar-refractivity contribution in [3.8, 4) is 0 Å². The summed E-state index contributed by atoms with van der Waals surface area (Å²) in [6.07, 6.45) is -0.0116. The monoisotopic (exact) mass is 309 g/mol. The molecule has 0 saturated heterocycles. The van der Waals surface area contributed by atoms with Crippen LogP contribution in [0.5, 0.6) is 0 Å².